The molecule has 1 aromatic heterocycles. The third-order valence-electron chi connectivity index (χ3n) is 3.32. The Balaban J connectivity index is 2.07. The molecule has 0 saturated heterocycles. The minimum atomic E-state index is -1.68. The lowest BCUT2D eigenvalue weighted by molar-refractivity contribution is 0.104. The normalized spacial score (nSPS) is 23.4. The molecule has 19 heavy (non-hydrogen) atoms. The van der Waals surface area contributed by atoms with Crippen molar-refractivity contribution >= 4 is 5.69 Å². The number of nitrogens with one attached hydrogen (secondary N) is 1. The molecule has 106 valence electrons. The standard InChI is InChI=1S/C12H14F4N2O/c13-8-10(9(14)12(16)18-11(8)15)17-5-6-2-1-3-7(19)4-6/h6-7,19H,1-5H2,(H,17,18). The lowest BCUT2D eigenvalue weighted by Gasteiger charge is -2.26. The zero-order valence-electron chi connectivity index (χ0n) is 10.1. The van der Waals surface area contributed by atoms with Gasteiger partial charge in [-0.1, -0.05) is 6.42 Å². The van der Waals surface area contributed by atoms with Gasteiger partial charge in [-0.25, -0.2) is 0 Å². The van der Waals surface area contributed by atoms with Crippen molar-refractivity contribution in [2.45, 2.75) is 31.8 Å². The van der Waals surface area contributed by atoms with Gasteiger partial charge in [0.1, 0.15) is 5.69 Å². The SMILES string of the molecule is OC1CCCC(CNc2c(F)c(F)nc(F)c2F)C1. The van der Waals surface area contributed by atoms with Crippen molar-refractivity contribution in [1.29, 1.82) is 0 Å². The molecule has 7 heteroatoms. The molecule has 2 rings (SSSR count). The van der Waals surface area contributed by atoms with Crippen LogP contribution >= 0.6 is 0 Å². The molecular formula is C12H14F4N2O. The second kappa shape index (κ2) is 5.73. The Labute approximate surface area is 107 Å². The predicted octanol–water partition coefficient (Wildman–Crippen LogP) is 2.60. The Morgan fingerprint density at radius 3 is 2.32 bits per heavy atom. The maximum Gasteiger partial charge on any atom is 0.253 e. The number of aliphatic hydroxyl groups excluding tert-OH is 1. The van der Waals surface area contributed by atoms with Crippen molar-refractivity contribution in [3.8, 4) is 0 Å². The van der Waals surface area contributed by atoms with E-state index in [0.29, 0.717) is 12.8 Å². The van der Waals surface area contributed by atoms with Crippen LogP contribution in [-0.2, 0) is 0 Å². The first-order valence-electron chi connectivity index (χ1n) is 6.11. The van der Waals surface area contributed by atoms with Crippen LogP contribution in [0.25, 0.3) is 0 Å². The number of rotatable bonds is 3. The second-order valence-electron chi connectivity index (χ2n) is 4.76. The van der Waals surface area contributed by atoms with E-state index in [9.17, 15) is 22.7 Å². The van der Waals surface area contributed by atoms with Crippen molar-refractivity contribution in [2.24, 2.45) is 5.92 Å². The number of halogens is 4. The summed E-state index contributed by atoms with van der Waals surface area (Å²) in [5.41, 5.74) is -0.843. The lowest BCUT2D eigenvalue weighted by Crippen LogP contribution is -2.25. The molecule has 1 fully saturated rings. The van der Waals surface area contributed by atoms with Crippen LogP contribution in [-0.4, -0.2) is 22.7 Å². The third-order valence-corrected chi connectivity index (χ3v) is 3.32. The smallest absolute Gasteiger partial charge is 0.253 e. The molecule has 1 aliphatic carbocycles. The van der Waals surface area contributed by atoms with Crippen molar-refractivity contribution in [1.82, 2.24) is 4.98 Å². The van der Waals surface area contributed by atoms with Crippen LogP contribution in [0.15, 0.2) is 0 Å². The number of hydrogen-bond acceptors (Lipinski definition) is 3. The number of anilines is 1. The van der Waals surface area contributed by atoms with Gasteiger partial charge >= 0.3 is 0 Å². The van der Waals surface area contributed by atoms with E-state index in [2.05, 4.69) is 10.3 Å². The molecular weight excluding hydrogens is 264 g/mol. The number of aliphatic hydroxyl groups is 1. The van der Waals surface area contributed by atoms with Gasteiger partial charge in [0.2, 0.25) is 11.6 Å². The zero-order valence-corrected chi connectivity index (χ0v) is 10.1. The van der Waals surface area contributed by atoms with Crippen molar-refractivity contribution in [3.63, 3.8) is 0 Å². The summed E-state index contributed by atoms with van der Waals surface area (Å²) in [4.78, 5) is 2.48. The van der Waals surface area contributed by atoms with Gasteiger partial charge in [0.15, 0.2) is 0 Å². The molecule has 1 saturated carbocycles. The quantitative estimate of drug-likeness (QED) is 0.660. The number of nitrogens with zero attached hydrogens (tertiary/aromatic N) is 1. The molecule has 0 spiro atoms. The molecule has 0 aromatic carbocycles. The zero-order chi connectivity index (χ0) is 14.0. The van der Waals surface area contributed by atoms with Crippen LogP contribution in [0.1, 0.15) is 25.7 Å². The summed E-state index contributed by atoms with van der Waals surface area (Å²) in [6.45, 7) is 0.147. The van der Waals surface area contributed by atoms with Crippen LogP contribution < -0.4 is 5.32 Å². The molecule has 2 unspecified atom stereocenters. The van der Waals surface area contributed by atoms with Gasteiger partial charge in [-0.15, -0.1) is 0 Å². The van der Waals surface area contributed by atoms with Crippen LogP contribution in [0.5, 0.6) is 0 Å². The van der Waals surface area contributed by atoms with Gasteiger partial charge in [0, 0.05) is 6.54 Å². The van der Waals surface area contributed by atoms with Crippen molar-refractivity contribution in [3.05, 3.63) is 23.5 Å². The Kier molecular flexibility index (Phi) is 4.24. The highest BCUT2D eigenvalue weighted by molar-refractivity contribution is 5.45. The first kappa shape index (κ1) is 14.0. The van der Waals surface area contributed by atoms with E-state index in [1.807, 2.05) is 0 Å². The number of hydrogen-bond donors (Lipinski definition) is 2. The highest BCUT2D eigenvalue weighted by Gasteiger charge is 2.23. The molecule has 0 amide bonds. The maximum atomic E-state index is 13.3. The average molecular weight is 278 g/mol. The summed E-state index contributed by atoms with van der Waals surface area (Å²) in [5.74, 6) is -6.40. The Hall–Kier alpha value is -1.37. The highest BCUT2D eigenvalue weighted by atomic mass is 19.2. The first-order valence-corrected chi connectivity index (χ1v) is 6.11. The van der Waals surface area contributed by atoms with Crippen LogP contribution in [0, 0.1) is 29.4 Å². The molecule has 1 heterocycles. The predicted molar refractivity (Wildman–Crippen MR) is 60.5 cm³/mol. The van der Waals surface area contributed by atoms with E-state index >= 15 is 0 Å². The second-order valence-corrected chi connectivity index (χ2v) is 4.76. The fourth-order valence-electron chi connectivity index (χ4n) is 2.34. The van der Waals surface area contributed by atoms with Crippen LogP contribution in [0.4, 0.5) is 23.2 Å². The van der Waals surface area contributed by atoms with E-state index in [4.69, 9.17) is 0 Å². The summed E-state index contributed by atoms with van der Waals surface area (Å²) in [7, 11) is 0. The Morgan fingerprint density at radius 2 is 1.74 bits per heavy atom. The summed E-state index contributed by atoms with van der Waals surface area (Å²) >= 11 is 0. The van der Waals surface area contributed by atoms with E-state index < -0.39 is 35.3 Å². The maximum absolute atomic E-state index is 13.3. The van der Waals surface area contributed by atoms with Gasteiger partial charge in [-0.05, 0) is 25.2 Å². The molecule has 0 aliphatic heterocycles. The fourth-order valence-corrected chi connectivity index (χ4v) is 2.34. The van der Waals surface area contributed by atoms with Gasteiger partial charge in [-0.3, -0.25) is 0 Å². The van der Waals surface area contributed by atoms with Gasteiger partial charge < -0.3 is 10.4 Å². The van der Waals surface area contributed by atoms with Crippen LogP contribution in [0.2, 0.25) is 0 Å². The highest BCUT2D eigenvalue weighted by Crippen LogP contribution is 2.27. The van der Waals surface area contributed by atoms with E-state index in [1.54, 1.807) is 0 Å². The average Bonchev–Trinajstić information content (AvgIpc) is 2.36. The first-order chi connectivity index (χ1) is 8.99. The summed E-state index contributed by atoms with van der Waals surface area (Å²) < 4.78 is 52.4. The monoisotopic (exact) mass is 278 g/mol. The van der Waals surface area contributed by atoms with E-state index in [1.165, 1.54) is 0 Å². The van der Waals surface area contributed by atoms with Gasteiger partial charge in [-0.2, -0.15) is 22.5 Å². The van der Waals surface area contributed by atoms with Gasteiger partial charge in [0.05, 0.1) is 6.10 Å². The fraction of sp³-hybridized carbons (Fsp3) is 0.583. The largest absolute Gasteiger partial charge is 0.393 e. The molecule has 0 radical (unpaired) electrons. The van der Waals surface area contributed by atoms with Crippen molar-refractivity contribution in [2.75, 3.05) is 11.9 Å². The number of aromatic nitrogens is 1. The lowest BCUT2D eigenvalue weighted by atomic mass is 9.87. The minimum Gasteiger partial charge on any atom is -0.393 e. The molecule has 2 atom stereocenters. The summed E-state index contributed by atoms with van der Waals surface area (Å²) in [6.07, 6.45) is 2.39. The molecule has 2 N–H and O–H groups in total. The topological polar surface area (TPSA) is 45.1 Å². The minimum absolute atomic E-state index is 0.0156. The van der Waals surface area contributed by atoms with Crippen LogP contribution in [0.3, 0.4) is 0 Å². The molecule has 1 aromatic rings. The van der Waals surface area contributed by atoms with Crippen molar-refractivity contribution < 1.29 is 22.7 Å². The van der Waals surface area contributed by atoms with E-state index in [0.717, 1.165) is 12.8 Å². The summed E-state index contributed by atoms with van der Waals surface area (Å²) in [6, 6.07) is 0. The van der Waals surface area contributed by atoms with Gasteiger partial charge in [0.25, 0.3) is 11.9 Å². The molecule has 1 aliphatic rings. The number of pyridine rings is 1. The molecule has 3 nitrogen and oxygen atoms in total. The summed E-state index contributed by atoms with van der Waals surface area (Å²) in [5, 5.41) is 11.8. The molecule has 0 bridgehead atoms. The Morgan fingerprint density at radius 1 is 1.11 bits per heavy atom. The third kappa shape index (κ3) is 3.15. The Bertz CT molecular complexity index is 443. The van der Waals surface area contributed by atoms with E-state index in [-0.39, 0.29) is 12.5 Å².